The lowest BCUT2D eigenvalue weighted by Gasteiger charge is -2.08. The fraction of sp³-hybridized carbons (Fsp3) is 0.0909. The molecule has 88 valence electrons. The Morgan fingerprint density at radius 1 is 1.24 bits per heavy atom. The predicted octanol–water partition coefficient (Wildman–Crippen LogP) is 3.63. The summed E-state index contributed by atoms with van der Waals surface area (Å²) >= 11 is 5.69. The van der Waals surface area contributed by atoms with Crippen molar-refractivity contribution in [2.75, 3.05) is 17.7 Å². The zero-order chi connectivity index (χ0) is 12.3. The Hall–Kier alpha value is -0.890. The number of rotatable bonds is 3. The van der Waals surface area contributed by atoms with E-state index in [2.05, 4.69) is 59.1 Å². The molecule has 0 amide bonds. The number of benzene rings is 1. The highest BCUT2D eigenvalue weighted by molar-refractivity contribution is 14.1. The highest BCUT2D eigenvalue weighted by atomic mass is 127. The van der Waals surface area contributed by atoms with Crippen LogP contribution in [0.5, 0.6) is 0 Å². The van der Waals surface area contributed by atoms with E-state index in [4.69, 9.17) is 0 Å². The Kier molecular flexibility index (Phi) is 4.16. The van der Waals surface area contributed by atoms with Gasteiger partial charge in [0.2, 0.25) is 5.95 Å². The van der Waals surface area contributed by atoms with Gasteiger partial charge in [-0.05, 0) is 62.8 Å². The van der Waals surface area contributed by atoms with Crippen LogP contribution in [-0.4, -0.2) is 17.0 Å². The van der Waals surface area contributed by atoms with Crippen molar-refractivity contribution in [2.45, 2.75) is 0 Å². The zero-order valence-corrected chi connectivity index (χ0v) is 12.8. The SMILES string of the molecule is CNc1ncc(Br)c(Nc2ccc(I)cc2)n1. The second-order valence-electron chi connectivity index (χ2n) is 3.27. The Bertz CT molecular complexity index is 515. The number of aromatic nitrogens is 2. The summed E-state index contributed by atoms with van der Waals surface area (Å²) in [5.41, 5.74) is 0.992. The zero-order valence-electron chi connectivity index (χ0n) is 9.04. The monoisotopic (exact) mass is 404 g/mol. The lowest BCUT2D eigenvalue weighted by Crippen LogP contribution is -2.01. The number of nitrogens with zero attached hydrogens (tertiary/aromatic N) is 2. The van der Waals surface area contributed by atoms with Crippen molar-refractivity contribution in [3.05, 3.63) is 38.5 Å². The summed E-state index contributed by atoms with van der Waals surface area (Å²) in [7, 11) is 1.79. The van der Waals surface area contributed by atoms with Crippen molar-refractivity contribution in [3.63, 3.8) is 0 Å². The van der Waals surface area contributed by atoms with Crippen LogP contribution in [0.3, 0.4) is 0 Å². The molecule has 0 fully saturated rings. The molecule has 0 bridgehead atoms. The van der Waals surface area contributed by atoms with E-state index in [1.165, 1.54) is 3.57 Å². The molecule has 2 rings (SSSR count). The molecule has 0 aliphatic heterocycles. The lowest BCUT2D eigenvalue weighted by atomic mass is 10.3. The summed E-state index contributed by atoms with van der Waals surface area (Å²) in [6.45, 7) is 0. The van der Waals surface area contributed by atoms with E-state index in [0.29, 0.717) is 5.95 Å². The van der Waals surface area contributed by atoms with E-state index >= 15 is 0 Å². The smallest absolute Gasteiger partial charge is 0.224 e. The molecule has 0 atom stereocenters. The first-order chi connectivity index (χ1) is 8.19. The minimum atomic E-state index is 0.584. The summed E-state index contributed by atoms with van der Waals surface area (Å²) in [5.74, 6) is 1.33. The van der Waals surface area contributed by atoms with Crippen LogP contribution in [0.2, 0.25) is 0 Å². The summed E-state index contributed by atoms with van der Waals surface area (Å²) in [6, 6.07) is 8.10. The van der Waals surface area contributed by atoms with Gasteiger partial charge in [0.05, 0.1) is 4.47 Å². The molecule has 1 heterocycles. The first-order valence-electron chi connectivity index (χ1n) is 4.92. The molecular formula is C11H10BrIN4. The van der Waals surface area contributed by atoms with Crippen LogP contribution in [-0.2, 0) is 0 Å². The number of anilines is 3. The van der Waals surface area contributed by atoms with Crippen molar-refractivity contribution in [3.8, 4) is 0 Å². The van der Waals surface area contributed by atoms with E-state index < -0.39 is 0 Å². The van der Waals surface area contributed by atoms with Crippen molar-refractivity contribution in [2.24, 2.45) is 0 Å². The maximum absolute atomic E-state index is 4.33. The standard InChI is InChI=1S/C11H10BrIN4/c1-14-11-15-6-9(12)10(17-11)16-8-4-2-7(13)3-5-8/h2-6H,1H3,(H2,14,15,16,17). The van der Waals surface area contributed by atoms with Gasteiger partial charge in [-0.2, -0.15) is 4.98 Å². The fourth-order valence-corrected chi connectivity index (χ4v) is 1.89. The average molecular weight is 405 g/mol. The van der Waals surface area contributed by atoms with Crippen LogP contribution in [0.4, 0.5) is 17.5 Å². The first kappa shape index (κ1) is 12.6. The summed E-state index contributed by atoms with van der Waals surface area (Å²) in [5, 5.41) is 6.14. The van der Waals surface area contributed by atoms with Crippen LogP contribution in [0.25, 0.3) is 0 Å². The number of halogens is 2. The molecule has 4 nitrogen and oxygen atoms in total. The molecule has 1 aromatic heterocycles. The van der Waals surface area contributed by atoms with Crippen molar-refractivity contribution in [1.82, 2.24) is 9.97 Å². The van der Waals surface area contributed by atoms with Gasteiger partial charge in [0, 0.05) is 22.5 Å². The van der Waals surface area contributed by atoms with Crippen LogP contribution in [0.1, 0.15) is 0 Å². The molecule has 1 aromatic carbocycles. The van der Waals surface area contributed by atoms with E-state index in [-0.39, 0.29) is 0 Å². The minimum Gasteiger partial charge on any atom is -0.357 e. The summed E-state index contributed by atoms with van der Waals surface area (Å²) < 4.78 is 2.03. The Morgan fingerprint density at radius 3 is 2.59 bits per heavy atom. The molecule has 0 aliphatic carbocycles. The number of hydrogen-bond acceptors (Lipinski definition) is 4. The molecule has 0 unspecified atom stereocenters. The molecule has 6 heteroatoms. The van der Waals surface area contributed by atoms with Crippen molar-refractivity contribution < 1.29 is 0 Å². The van der Waals surface area contributed by atoms with E-state index in [0.717, 1.165) is 16.0 Å². The number of nitrogens with one attached hydrogen (secondary N) is 2. The van der Waals surface area contributed by atoms with Crippen LogP contribution >= 0.6 is 38.5 Å². The van der Waals surface area contributed by atoms with Gasteiger partial charge in [-0.15, -0.1) is 0 Å². The predicted molar refractivity (Wildman–Crippen MR) is 81.7 cm³/mol. The quantitative estimate of drug-likeness (QED) is 0.767. The van der Waals surface area contributed by atoms with Gasteiger partial charge in [-0.25, -0.2) is 4.98 Å². The van der Waals surface area contributed by atoms with Gasteiger partial charge in [0.1, 0.15) is 5.82 Å². The maximum Gasteiger partial charge on any atom is 0.224 e. The third kappa shape index (κ3) is 3.29. The van der Waals surface area contributed by atoms with Crippen molar-refractivity contribution in [1.29, 1.82) is 0 Å². The second-order valence-corrected chi connectivity index (χ2v) is 5.37. The minimum absolute atomic E-state index is 0.584. The third-order valence-electron chi connectivity index (χ3n) is 2.07. The van der Waals surface area contributed by atoms with Crippen molar-refractivity contribution >= 4 is 56.0 Å². The van der Waals surface area contributed by atoms with E-state index in [1.807, 2.05) is 24.3 Å². The molecule has 2 aromatic rings. The molecule has 0 spiro atoms. The van der Waals surface area contributed by atoms with Crippen LogP contribution in [0, 0.1) is 3.57 Å². The Balaban J connectivity index is 2.25. The summed E-state index contributed by atoms with van der Waals surface area (Å²) in [4.78, 5) is 8.43. The normalized spacial score (nSPS) is 10.1. The molecule has 0 aliphatic rings. The largest absolute Gasteiger partial charge is 0.357 e. The van der Waals surface area contributed by atoms with Gasteiger partial charge >= 0.3 is 0 Å². The van der Waals surface area contributed by atoms with Gasteiger partial charge in [0.25, 0.3) is 0 Å². The molecule has 2 N–H and O–H groups in total. The van der Waals surface area contributed by atoms with Gasteiger partial charge in [0.15, 0.2) is 0 Å². The molecule has 0 radical (unpaired) electrons. The molecular weight excluding hydrogens is 395 g/mol. The van der Waals surface area contributed by atoms with Crippen LogP contribution < -0.4 is 10.6 Å². The molecule has 0 saturated carbocycles. The molecule has 17 heavy (non-hydrogen) atoms. The average Bonchev–Trinajstić information content (AvgIpc) is 2.35. The third-order valence-corrected chi connectivity index (χ3v) is 3.37. The number of hydrogen-bond donors (Lipinski definition) is 2. The van der Waals surface area contributed by atoms with Crippen LogP contribution in [0.15, 0.2) is 34.9 Å². The topological polar surface area (TPSA) is 49.8 Å². The first-order valence-corrected chi connectivity index (χ1v) is 6.79. The molecule has 0 saturated heterocycles. The van der Waals surface area contributed by atoms with Gasteiger partial charge in [-0.1, -0.05) is 0 Å². The van der Waals surface area contributed by atoms with E-state index in [1.54, 1.807) is 13.2 Å². The Labute approximate surface area is 122 Å². The summed E-state index contributed by atoms with van der Waals surface area (Å²) in [6.07, 6.45) is 1.72. The van der Waals surface area contributed by atoms with E-state index in [9.17, 15) is 0 Å². The van der Waals surface area contributed by atoms with Gasteiger partial charge in [-0.3, -0.25) is 0 Å². The lowest BCUT2D eigenvalue weighted by molar-refractivity contribution is 1.14. The Morgan fingerprint density at radius 2 is 1.94 bits per heavy atom. The fourth-order valence-electron chi connectivity index (χ4n) is 1.25. The van der Waals surface area contributed by atoms with Gasteiger partial charge < -0.3 is 10.6 Å². The highest BCUT2D eigenvalue weighted by Gasteiger charge is 2.04. The highest BCUT2D eigenvalue weighted by Crippen LogP contribution is 2.24. The maximum atomic E-state index is 4.33. The second kappa shape index (κ2) is 5.63.